The number of aliphatic carboxylic acids is 1. The van der Waals surface area contributed by atoms with Gasteiger partial charge in [-0.25, -0.2) is 4.79 Å². The fraction of sp³-hybridized carbons (Fsp3) is 0.385. The van der Waals surface area contributed by atoms with E-state index in [1.54, 1.807) is 6.07 Å². The smallest absolute Gasteiger partial charge is 0.326 e. The molecule has 100 valence electrons. The van der Waals surface area contributed by atoms with Crippen molar-refractivity contribution >= 4 is 17.8 Å². The summed E-state index contributed by atoms with van der Waals surface area (Å²) in [5.41, 5.74) is 0.199. The molecule has 0 aromatic carbocycles. The van der Waals surface area contributed by atoms with Crippen molar-refractivity contribution in [1.29, 1.82) is 0 Å². The Bertz CT molecular complexity index is 518. The monoisotopic (exact) mass is 262 g/mol. The number of nitrogens with zero attached hydrogens (tertiary/aromatic N) is 2. The highest BCUT2D eigenvalue weighted by Crippen LogP contribution is 2.25. The van der Waals surface area contributed by atoms with E-state index in [9.17, 15) is 19.5 Å². The van der Waals surface area contributed by atoms with Gasteiger partial charge in [0.15, 0.2) is 0 Å². The van der Waals surface area contributed by atoms with Crippen molar-refractivity contribution in [1.82, 2.24) is 9.88 Å². The zero-order valence-electron chi connectivity index (χ0n) is 10.7. The molecule has 0 saturated carbocycles. The number of fused-ring (bicyclic) bond motifs is 1. The maximum absolute atomic E-state index is 12.1. The van der Waals surface area contributed by atoms with E-state index in [2.05, 4.69) is 4.98 Å². The first-order chi connectivity index (χ1) is 8.93. The van der Waals surface area contributed by atoms with Gasteiger partial charge in [0.25, 0.3) is 11.8 Å². The van der Waals surface area contributed by atoms with Crippen molar-refractivity contribution in [2.45, 2.75) is 26.3 Å². The largest absolute Gasteiger partial charge is 0.480 e. The topological polar surface area (TPSA) is 87.6 Å². The SMILES string of the molecule is CC(C)CC(C(=O)O)N1C(=O)c2cccnc2C1=O. The quantitative estimate of drug-likeness (QED) is 0.823. The number of carboxylic acids is 1. The summed E-state index contributed by atoms with van der Waals surface area (Å²) in [5, 5.41) is 9.23. The van der Waals surface area contributed by atoms with E-state index in [1.165, 1.54) is 12.3 Å². The van der Waals surface area contributed by atoms with Gasteiger partial charge in [0.05, 0.1) is 5.56 Å². The first-order valence-corrected chi connectivity index (χ1v) is 5.99. The molecule has 2 amide bonds. The van der Waals surface area contributed by atoms with E-state index >= 15 is 0 Å². The highest BCUT2D eigenvalue weighted by molar-refractivity contribution is 6.21. The fourth-order valence-corrected chi connectivity index (χ4v) is 2.13. The fourth-order valence-electron chi connectivity index (χ4n) is 2.13. The van der Waals surface area contributed by atoms with Crippen LogP contribution in [0, 0.1) is 5.92 Å². The van der Waals surface area contributed by atoms with Crippen LogP contribution in [0.4, 0.5) is 0 Å². The maximum Gasteiger partial charge on any atom is 0.326 e. The van der Waals surface area contributed by atoms with Crippen LogP contribution in [0.2, 0.25) is 0 Å². The van der Waals surface area contributed by atoms with Gasteiger partial charge in [0.2, 0.25) is 0 Å². The average molecular weight is 262 g/mol. The Balaban J connectivity index is 2.39. The van der Waals surface area contributed by atoms with Crippen LogP contribution in [0.5, 0.6) is 0 Å². The lowest BCUT2D eigenvalue weighted by atomic mass is 10.0. The number of hydrogen-bond donors (Lipinski definition) is 1. The number of imide groups is 1. The summed E-state index contributed by atoms with van der Waals surface area (Å²) in [5.74, 6) is -2.34. The van der Waals surface area contributed by atoms with Crippen LogP contribution in [0.15, 0.2) is 18.3 Å². The number of aromatic nitrogens is 1. The Hall–Kier alpha value is -2.24. The van der Waals surface area contributed by atoms with Gasteiger partial charge in [0, 0.05) is 6.20 Å². The summed E-state index contributed by atoms with van der Waals surface area (Å²) in [6.45, 7) is 3.68. The average Bonchev–Trinajstić information content (AvgIpc) is 2.60. The van der Waals surface area contributed by atoms with Gasteiger partial charge >= 0.3 is 5.97 Å². The van der Waals surface area contributed by atoms with E-state index < -0.39 is 23.8 Å². The van der Waals surface area contributed by atoms with Gasteiger partial charge < -0.3 is 5.11 Å². The van der Waals surface area contributed by atoms with Gasteiger partial charge in [-0.2, -0.15) is 0 Å². The van der Waals surface area contributed by atoms with E-state index in [1.807, 2.05) is 13.8 Å². The van der Waals surface area contributed by atoms with Crippen LogP contribution in [-0.2, 0) is 4.79 Å². The Labute approximate surface area is 110 Å². The van der Waals surface area contributed by atoms with Crippen LogP contribution in [-0.4, -0.2) is 38.8 Å². The molecule has 1 aliphatic heterocycles. The van der Waals surface area contributed by atoms with E-state index in [0.717, 1.165) is 4.90 Å². The van der Waals surface area contributed by atoms with Crippen molar-refractivity contribution in [3.63, 3.8) is 0 Å². The molecule has 6 nitrogen and oxygen atoms in total. The Morgan fingerprint density at radius 1 is 1.37 bits per heavy atom. The second kappa shape index (κ2) is 4.79. The van der Waals surface area contributed by atoms with Crippen LogP contribution >= 0.6 is 0 Å². The minimum Gasteiger partial charge on any atom is -0.480 e. The van der Waals surface area contributed by atoms with Crippen LogP contribution in [0.25, 0.3) is 0 Å². The number of carboxylic acid groups (broad SMARTS) is 1. The first-order valence-electron chi connectivity index (χ1n) is 5.99. The lowest BCUT2D eigenvalue weighted by Crippen LogP contribution is -2.45. The maximum atomic E-state index is 12.1. The second-order valence-electron chi connectivity index (χ2n) is 4.86. The summed E-state index contributed by atoms with van der Waals surface area (Å²) >= 11 is 0. The Morgan fingerprint density at radius 2 is 2.05 bits per heavy atom. The van der Waals surface area contributed by atoms with Crippen molar-refractivity contribution in [2.24, 2.45) is 5.92 Å². The molecule has 0 spiro atoms. The number of carbonyl (C=O) groups is 3. The Morgan fingerprint density at radius 3 is 2.58 bits per heavy atom. The van der Waals surface area contributed by atoms with E-state index in [-0.39, 0.29) is 23.6 Å². The standard InChI is InChI=1S/C13H14N2O4/c1-7(2)6-9(13(18)19)15-11(16)8-4-3-5-14-10(8)12(15)17/h3-5,7,9H,6H2,1-2H3,(H,18,19). The Kier molecular flexibility index (Phi) is 3.33. The predicted octanol–water partition coefficient (Wildman–Crippen LogP) is 1.18. The summed E-state index contributed by atoms with van der Waals surface area (Å²) < 4.78 is 0. The van der Waals surface area contributed by atoms with Crippen LogP contribution < -0.4 is 0 Å². The van der Waals surface area contributed by atoms with Gasteiger partial charge in [-0.15, -0.1) is 0 Å². The van der Waals surface area contributed by atoms with Crippen molar-refractivity contribution in [3.8, 4) is 0 Å². The zero-order valence-corrected chi connectivity index (χ0v) is 10.7. The number of pyridine rings is 1. The molecular formula is C13H14N2O4. The molecular weight excluding hydrogens is 248 g/mol. The molecule has 6 heteroatoms. The van der Waals surface area contributed by atoms with Crippen LogP contribution in [0.3, 0.4) is 0 Å². The van der Waals surface area contributed by atoms with E-state index in [0.29, 0.717) is 0 Å². The summed E-state index contributed by atoms with van der Waals surface area (Å²) in [6.07, 6.45) is 1.63. The first kappa shape index (κ1) is 13.2. The number of rotatable bonds is 4. The van der Waals surface area contributed by atoms with Crippen molar-refractivity contribution in [2.75, 3.05) is 0 Å². The van der Waals surface area contributed by atoms with Crippen molar-refractivity contribution in [3.05, 3.63) is 29.6 Å². The number of hydrogen-bond acceptors (Lipinski definition) is 4. The molecule has 1 atom stereocenters. The molecule has 0 aliphatic carbocycles. The van der Waals surface area contributed by atoms with Crippen molar-refractivity contribution < 1.29 is 19.5 Å². The molecule has 0 fully saturated rings. The van der Waals surface area contributed by atoms with Gasteiger partial charge in [-0.1, -0.05) is 13.8 Å². The molecule has 19 heavy (non-hydrogen) atoms. The molecule has 0 radical (unpaired) electrons. The lowest BCUT2D eigenvalue weighted by Gasteiger charge is -2.23. The van der Waals surface area contributed by atoms with Gasteiger partial charge in [-0.05, 0) is 24.5 Å². The molecule has 0 bridgehead atoms. The molecule has 2 heterocycles. The molecule has 1 aromatic heterocycles. The third-order valence-corrected chi connectivity index (χ3v) is 2.97. The summed E-state index contributed by atoms with van der Waals surface area (Å²) in [7, 11) is 0. The minimum absolute atomic E-state index is 0.0301. The lowest BCUT2D eigenvalue weighted by molar-refractivity contribution is -0.142. The molecule has 1 aromatic rings. The molecule has 2 rings (SSSR count). The van der Waals surface area contributed by atoms with Crippen LogP contribution in [0.1, 0.15) is 41.1 Å². The highest BCUT2D eigenvalue weighted by Gasteiger charge is 2.43. The van der Waals surface area contributed by atoms with E-state index in [4.69, 9.17) is 0 Å². The van der Waals surface area contributed by atoms with Gasteiger partial charge in [0.1, 0.15) is 11.7 Å². The second-order valence-corrected chi connectivity index (χ2v) is 4.86. The van der Waals surface area contributed by atoms with Gasteiger partial charge in [-0.3, -0.25) is 19.5 Å². The molecule has 1 unspecified atom stereocenters. The predicted molar refractivity (Wildman–Crippen MR) is 65.6 cm³/mol. The minimum atomic E-state index is -1.18. The third-order valence-electron chi connectivity index (χ3n) is 2.97. The number of amides is 2. The zero-order chi connectivity index (χ0) is 14.2. The number of carbonyl (C=O) groups excluding carboxylic acids is 2. The summed E-state index contributed by atoms with van der Waals surface area (Å²) in [6, 6.07) is 1.89. The molecule has 1 aliphatic rings. The highest BCUT2D eigenvalue weighted by atomic mass is 16.4. The normalized spacial score (nSPS) is 15.8. The summed E-state index contributed by atoms with van der Waals surface area (Å²) in [4.78, 5) is 40.2. The molecule has 0 saturated heterocycles. The molecule has 1 N–H and O–H groups in total. The third kappa shape index (κ3) is 2.21.